The van der Waals surface area contributed by atoms with Crippen LogP contribution >= 0.6 is 0 Å². The molecule has 98 valence electrons. The zero-order valence-electron chi connectivity index (χ0n) is 11.9. The monoisotopic (exact) mass is 244 g/mol. The van der Waals surface area contributed by atoms with E-state index in [-0.39, 0.29) is 6.10 Å². The van der Waals surface area contributed by atoms with Gasteiger partial charge >= 0.3 is 0 Å². The summed E-state index contributed by atoms with van der Waals surface area (Å²) in [6.45, 7) is 8.95. The molecule has 0 bridgehead atoms. The summed E-state index contributed by atoms with van der Waals surface area (Å²) in [7, 11) is 0. The minimum Gasteiger partial charge on any atom is -0.370 e. The molecule has 0 aromatic heterocycles. The van der Waals surface area contributed by atoms with E-state index in [1.165, 1.54) is 11.1 Å². The molecule has 0 aliphatic carbocycles. The molecule has 2 atom stereocenters. The number of ether oxygens (including phenoxy) is 1. The van der Waals surface area contributed by atoms with Crippen molar-refractivity contribution in [1.82, 2.24) is 0 Å². The molecule has 1 aromatic carbocycles. The zero-order valence-corrected chi connectivity index (χ0v) is 11.9. The molecule has 0 saturated carbocycles. The van der Waals surface area contributed by atoms with Crippen LogP contribution < -0.4 is 0 Å². The molecule has 1 nitrogen and oxygen atoms in total. The van der Waals surface area contributed by atoms with Gasteiger partial charge in [0.15, 0.2) is 0 Å². The lowest BCUT2D eigenvalue weighted by atomic mass is 9.89. The van der Waals surface area contributed by atoms with E-state index in [9.17, 15) is 0 Å². The van der Waals surface area contributed by atoms with Crippen molar-refractivity contribution in [2.75, 3.05) is 0 Å². The van der Waals surface area contributed by atoms with E-state index in [1.807, 2.05) is 0 Å². The highest BCUT2D eigenvalue weighted by molar-refractivity contribution is 5.67. The third-order valence-electron chi connectivity index (χ3n) is 3.66. The van der Waals surface area contributed by atoms with Crippen LogP contribution in [0.5, 0.6) is 0 Å². The fourth-order valence-corrected chi connectivity index (χ4v) is 2.38. The molecule has 0 saturated heterocycles. The first-order chi connectivity index (χ1) is 8.58. The van der Waals surface area contributed by atoms with Crippen LogP contribution in [0.2, 0.25) is 0 Å². The van der Waals surface area contributed by atoms with Crippen LogP contribution in [0.1, 0.15) is 39.7 Å². The van der Waals surface area contributed by atoms with Gasteiger partial charge in [-0.25, -0.2) is 0 Å². The minimum absolute atomic E-state index is 0.251. The summed E-state index contributed by atoms with van der Waals surface area (Å²) in [6.07, 6.45) is 3.95. The molecule has 1 heteroatoms. The van der Waals surface area contributed by atoms with Crippen molar-refractivity contribution in [3.05, 3.63) is 42.0 Å². The fourth-order valence-electron chi connectivity index (χ4n) is 2.38. The van der Waals surface area contributed by atoms with E-state index in [1.54, 1.807) is 0 Å². The second-order valence-corrected chi connectivity index (χ2v) is 5.89. The van der Waals surface area contributed by atoms with Gasteiger partial charge in [-0.15, -0.1) is 0 Å². The van der Waals surface area contributed by atoms with Gasteiger partial charge in [-0.05, 0) is 29.4 Å². The Morgan fingerprint density at radius 2 is 1.67 bits per heavy atom. The summed E-state index contributed by atoms with van der Waals surface area (Å²) < 4.78 is 6.18. The molecular weight excluding hydrogens is 220 g/mol. The lowest BCUT2D eigenvalue weighted by Crippen LogP contribution is -2.32. The second kappa shape index (κ2) is 5.71. The van der Waals surface area contributed by atoms with Crippen molar-refractivity contribution in [2.45, 2.75) is 46.3 Å². The van der Waals surface area contributed by atoms with Crippen molar-refractivity contribution in [1.29, 1.82) is 0 Å². The van der Waals surface area contributed by atoms with Gasteiger partial charge in [0.25, 0.3) is 0 Å². The van der Waals surface area contributed by atoms with Gasteiger partial charge < -0.3 is 4.74 Å². The Kier molecular flexibility index (Phi) is 4.23. The lowest BCUT2D eigenvalue weighted by molar-refractivity contribution is -0.0359. The summed E-state index contributed by atoms with van der Waals surface area (Å²) in [5.74, 6) is 1.10. The molecular formula is C17H24O. The van der Waals surface area contributed by atoms with E-state index in [4.69, 9.17) is 4.74 Å². The molecule has 0 amide bonds. The van der Waals surface area contributed by atoms with Gasteiger partial charge in [0, 0.05) is 0 Å². The standard InChI is InChI=1S/C17H24O/c1-12(2)16-10-15(11-17(18-16)13(3)4)14-8-6-5-7-9-14/h5-10,12-13,16-17H,11H2,1-4H3/t16-,17+/m0/s1. The van der Waals surface area contributed by atoms with Crippen LogP contribution in [0.4, 0.5) is 0 Å². The summed E-state index contributed by atoms with van der Waals surface area (Å²) in [4.78, 5) is 0. The van der Waals surface area contributed by atoms with Crippen molar-refractivity contribution < 1.29 is 4.74 Å². The van der Waals surface area contributed by atoms with Crippen molar-refractivity contribution in [3.8, 4) is 0 Å². The molecule has 2 rings (SSSR count). The summed E-state index contributed by atoms with van der Waals surface area (Å²) in [5, 5.41) is 0. The van der Waals surface area contributed by atoms with Gasteiger partial charge in [-0.1, -0.05) is 64.1 Å². The number of hydrogen-bond acceptors (Lipinski definition) is 1. The van der Waals surface area contributed by atoms with E-state index in [0.29, 0.717) is 17.9 Å². The van der Waals surface area contributed by atoms with Gasteiger partial charge in [0.05, 0.1) is 12.2 Å². The van der Waals surface area contributed by atoms with Crippen LogP contribution in [-0.4, -0.2) is 12.2 Å². The maximum Gasteiger partial charge on any atom is 0.0788 e. The molecule has 18 heavy (non-hydrogen) atoms. The van der Waals surface area contributed by atoms with Crippen molar-refractivity contribution in [2.24, 2.45) is 11.8 Å². The van der Waals surface area contributed by atoms with E-state index < -0.39 is 0 Å². The summed E-state index contributed by atoms with van der Waals surface area (Å²) >= 11 is 0. The third kappa shape index (κ3) is 3.02. The highest BCUT2D eigenvalue weighted by Crippen LogP contribution is 2.32. The highest BCUT2D eigenvalue weighted by Gasteiger charge is 2.27. The molecule has 1 aliphatic rings. The van der Waals surface area contributed by atoms with Gasteiger partial charge in [0.2, 0.25) is 0 Å². The zero-order chi connectivity index (χ0) is 13.1. The Hall–Kier alpha value is -1.08. The Labute approximate surface area is 111 Å². The van der Waals surface area contributed by atoms with E-state index >= 15 is 0 Å². The van der Waals surface area contributed by atoms with Gasteiger partial charge in [-0.3, -0.25) is 0 Å². The lowest BCUT2D eigenvalue weighted by Gasteiger charge is -2.34. The average molecular weight is 244 g/mol. The maximum absolute atomic E-state index is 6.18. The number of hydrogen-bond donors (Lipinski definition) is 0. The first-order valence-corrected chi connectivity index (χ1v) is 6.99. The minimum atomic E-state index is 0.251. The molecule has 1 heterocycles. The average Bonchev–Trinajstić information content (AvgIpc) is 2.39. The maximum atomic E-state index is 6.18. The second-order valence-electron chi connectivity index (χ2n) is 5.89. The smallest absolute Gasteiger partial charge is 0.0788 e. The largest absolute Gasteiger partial charge is 0.370 e. The van der Waals surface area contributed by atoms with Crippen LogP contribution in [-0.2, 0) is 4.74 Å². The summed E-state index contributed by atoms with van der Waals surface area (Å²) in [5.41, 5.74) is 2.79. The Morgan fingerprint density at radius 1 is 1.00 bits per heavy atom. The quantitative estimate of drug-likeness (QED) is 0.758. The molecule has 0 fully saturated rings. The molecule has 1 aromatic rings. The van der Waals surface area contributed by atoms with Gasteiger partial charge in [0.1, 0.15) is 0 Å². The summed E-state index contributed by atoms with van der Waals surface area (Å²) in [6, 6.07) is 10.7. The molecule has 0 N–H and O–H groups in total. The Morgan fingerprint density at radius 3 is 2.22 bits per heavy atom. The predicted molar refractivity (Wildman–Crippen MR) is 77.4 cm³/mol. The fraction of sp³-hybridized carbons (Fsp3) is 0.529. The normalized spacial score (nSPS) is 24.4. The van der Waals surface area contributed by atoms with E-state index in [2.05, 4.69) is 64.1 Å². The highest BCUT2D eigenvalue weighted by atomic mass is 16.5. The van der Waals surface area contributed by atoms with E-state index in [0.717, 1.165) is 6.42 Å². The SMILES string of the molecule is CC(C)[C@@H]1C=C(c2ccccc2)C[C@H](C(C)C)O1. The topological polar surface area (TPSA) is 9.23 Å². The van der Waals surface area contributed by atoms with Crippen molar-refractivity contribution >= 4 is 5.57 Å². The molecule has 0 spiro atoms. The van der Waals surface area contributed by atoms with Crippen LogP contribution in [0.3, 0.4) is 0 Å². The Bertz CT molecular complexity index is 403. The first-order valence-electron chi connectivity index (χ1n) is 6.99. The molecule has 0 radical (unpaired) electrons. The van der Waals surface area contributed by atoms with Gasteiger partial charge in [-0.2, -0.15) is 0 Å². The third-order valence-corrected chi connectivity index (χ3v) is 3.66. The van der Waals surface area contributed by atoms with Crippen LogP contribution in [0, 0.1) is 11.8 Å². The van der Waals surface area contributed by atoms with Crippen molar-refractivity contribution in [3.63, 3.8) is 0 Å². The molecule has 0 unspecified atom stereocenters. The number of benzene rings is 1. The molecule has 1 aliphatic heterocycles. The number of rotatable bonds is 3. The predicted octanol–water partition coefficient (Wildman–Crippen LogP) is 4.54. The van der Waals surface area contributed by atoms with Crippen LogP contribution in [0.25, 0.3) is 5.57 Å². The first kappa shape index (κ1) is 13.4. The van der Waals surface area contributed by atoms with Crippen LogP contribution in [0.15, 0.2) is 36.4 Å². The Balaban J connectivity index is 2.27.